The number of hydrogen-bond acceptors (Lipinski definition) is 2. The van der Waals surface area contributed by atoms with Crippen molar-refractivity contribution in [3.63, 3.8) is 0 Å². The zero-order valence-electron chi connectivity index (χ0n) is 11.7. The van der Waals surface area contributed by atoms with Gasteiger partial charge in [-0.05, 0) is 35.2 Å². The van der Waals surface area contributed by atoms with Crippen LogP contribution in [0.1, 0.15) is 5.56 Å². The predicted molar refractivity (Wildman–Crippen MR) is 89.1 cm³/mol. The third-order valence-electron chi connectivity index (χ3n) is 3.30. The molecule has 22 heavy (non-hydrogen) atoms. The Morgan fingerprint density at radius 3 is 2.82 bits per heavy atom. The van der Waals surface area contributed by atoms with Crippen LogP contribution in [0.25, 0.3) is 10.8 Å². The third-order valence-corrected chi connectivity index (χ3v) is 3.66. The number of urea groups is 1. The lowest BCUT2D eigenvalue weighted by atomic mass is 10.1. The first-order valence-corrected chi connectivity index (χ1v) is 7.22. The van der Waals surface area contributed by atoms with Crippen molar-refractivity contribution in [1.82, 2.24) is 10.3 Å². The van der Waals surface area contributed by atoms with Gasteiger partial charge in [0.25, 0.3) is 0 Å². The summed E-state index contributed by atoms with van der Waals surface area (Å²) < 4.78 is 0. The smallest absolute Gasteiger partial charge is 0.319 e. The van der Waals surface area contributed by atoms with Gasteiger partial charge in [0, 0.05) is 35.0 Å². The van der Waals surface area contributed by atoms with Crippen molar-refractivity contribution in [3.05, 3.63) is 71.5 Å². The molecule has 2 N–H and O–H groups in total. The number of halogens is 1. The Balaban J connectivity index is 1.64. The van der Waals surface area contributed by atoms with Crippen LogP contribution in [0.15, 0.2) is 60.9 Å². The standard InChI is InChI=1S/C17H14ClN3O/c18-16-4-2-1-3-14(16)11-20-17(22)21-15-6-5-13-10-19-8-7-12(13)9-15/h1-10H,11H2,(H2,20,21,22). The molecule has 4 nitrogen and oxygen atoms in total. The molecule has 0 aliphatic heterocycles. The first-order chi connectivity index (χ1) is 10.7. The van der Waals surface area contributed by atoms with E-state index < -0.39 is 0 Å². The van der Waals surface area contributed by atoms with Crippen molar-refractivity contribution in [2.24, 2.45) is 0 Å². The van der Waals surface area contributed by atoms with Crippen LogP contribution in [0.4, 0.5) is 10.5 Å². The van der Waals surface area contributed by atoms with E-state index in [2.05, 4.69) is 15.6 Å². The highest BCUT2D eigenvalue weighted by atomic mass is 35.5. The monoisotopic (exact) mass is 311 g/mol. The largest absolute Gasteiger partial charge is 0.334 e. The summed E-state index contributed by atoms with van der Waals surface area (Å²) in [5.74, 6) is 0. The Labute approximate surface area is 133 Å². The number of nitrogens with one attached hydrogen (secondary N) is 2. The van der Waals surface area contributed by atoms with E-state index in [0.717, 1.165) is 22.0 Å². The maximum Gasteiger partial charge on any atom is 0.319 e. The maximum atomic E-state index is 12.0. The van der Waals surface area contributed by atoms with Gasteiger partial charge < -0.3 is 10.6 Å². The summed E-state index contributed by atoms with van der Waals surface area (Å²) in [7, 11) is 0. The van der Waals surface area contributed by atoms with Crippen LogP contribution in [0.2, 0.25) is 5.02 Å². The van der Waals surface area contributed by atoms with Crippen molar-refractivity contribution >= 4 is 34.1 Å². The lowest BCUT2D eigenvalue weighted by molar-refractivity contribution is 0.252. The normalized spacial score (nSPS) is 10.4. The molecule has 0 aliphatic carbocycles. The summed E-state index contributed by atoms with van der Waals surface area (Å²) in [6.45, 7) is 0.378. The number of nitrogens with zero attached hydrogens (tertiary/aromatic N) is 1. The fraction of sp³-hybridized carbons (Fsp3) is 0.0588. The van der Waals surface area contributed by atoms with Gasteiger partial charge in [-0.3, -0.25) is 4.98 Å². The average molecular weight is 312 g/mol. The van der Waals surface area contributed by atoms with Crippen LogP contribution in [-0.4, -0.2) is 11.0 Å². The van der Waals surface area contributed by atoms with Gasteiger partial charge in [0.05, 0.1) is 0 Å². The molecule has 0 atom stereocenters. The molecule has 0 spiro atoms. The second-order valence-electron chi connectivity index (χ2n) is 4.84. The van der Waals surface area contributed by atoms with Crippen LogP contribution in [0, 0.1) is 0 Å². The highest BCUT2D eigenvalue weighted by molar-refractivity contribution is 6.31. The maximum absolute atomic E-state index is 12.0. The van der Waals surface area contributed by atoms with E-state index in [1.807, 2.05) is 42.5 Å². The van der Waals surface area contributed by atoms with E-state index in [1.165, 1.54) is 0 Å². The van der Waals surface area contributed by atoms with Gasteiger partial charge in [-0.25, -0.2) is 4.79 Å². The summed E-state index contributed by atoms with van der Waals surface area (Å²) >= 11 is 6.06. The minimum absolute atomic E-state index is 0.270. The van der Waals surface area contributed by atoms with Crippen LogP contribution >= 0.6 is 11.6 Å². The molecule has 0 saturated carbocycles. The number of anilines is 1. The van der Waals surface area contributed by atoms with Gasteiger partial charge >= 0.3 is 6.03 Å². The average Bonchev–Trinajstić information content (AvgIpc) is 2.54. The fourth-order valence-electron chi connectivity index (χ4n) is 2.15. The molecule has 0 radical (unpaired) electrons. The van der Waals surface area contributed by atoms with Gasteiger partial charge in [0.2, 0.25) is 0 Å². The van der Waals surface area contributed by atoms with E-state index in [4.69, 9.17) is 11.6 Å². The highest BCUT2D eigenvalue weighted by Crippen LogP contribution is 2.18. The first kappa shape index (κ1) is 14.4. The summed E-state index contributed by atoms with van der Waals surface area (Å²) in [6, 6.07) is 14.7. The molecule has 0 fully saturated rings. The van der Waals surface area contributed by atoms with Crippen molar-refractivity contribution in [2.75, 3.05) is 5.32 Å². The summed E-state index contributed by atoms with van der Waals surface area (Å²) in [5, 5.41) is 8.30. The van der Waals surface area contributed by atoms with Crippen LogP contribution < -0.4 is 10.6 Å². The van der Waals surface area contributed by atoms with Crippen molar-refractivity contribution in [3.8, 4) is 0 Å². The quantitative estimate of drug-likeness (QED) is 0.761. The summed E-state index contributed by atoms with van der Waals surface area (Å²) in [6.07, 6.45) is 3.51. The highest BCUT2D eigenvalue weighted by Gasteiger charge is 2.04. The van der Waals surface area contributed by atoms with Crippen LogP contribution in [0.3, 0.4) is 0 Å². The molecule has 1 heterocycles. The number of aromatic nitrogens is 1. The van der Waals surface area contributed by atoms with E-state index in [1.54, 1.807) is 18.5 Å². The Bertz CT molecular complexity index is 820. The van der Waals surface area contributed by atoms with Gasteiger partial charge in [-0.1, -0.05) is 35.9 Å². The van der Waals surface area contributed by atoms with Crippen molar-refractivity contribution in [1.29, 1.82) is 0 Å². The molecular formula is C17H14ClN3O. The van der Waals surface area contributed by atoms with Gasteiger partial charge in [-0.2, -0.15) is 0 Å². The molecule has 5 heteroatoms. The van der Waals surface area contributed by atoms with E-state index in [-0.39, 0.29) is 6.03 Å². The Morgan fingerprint density at radius 1 is 1.09 bits per heavy atom. The summed E-state index contributed by atoms with van der Waals surface area (Å²) in [5.41, 5.74) is 1.61. The zero-order valence-corrected chi connectivity index (χ0v) is 12.5. The number of fused-ring (bicyclic) bond motifs is 1. The van der Waals surface area contributed by atoms with Gasteiger partial charge in [-0.15, -0.1) is 0 Å². The number of hydrogen-bond donors (Lipinski definition) is 2. The number of amides is 2. The molecule has 0 saturated heterocycles. The minimum atomic E-state index is -0.270. The molecule has 0 aliphatic rings. The topological polar surface area (TPSA) is 54.0 Å². The number of pyridine rings is 1. The molecule has 3 rings (SSSR count). The molecule has 0 bridgehead atoms. The number of rotatable bonds is 3. The number of carbonyl (C=O) groups excluding carboxylic acids is 1. The molecular weight excluding hydrogens is 298 g/mol. The molecule has 3 aromatic rings. The molecule has 0 unspecified atom stereocenters. The van der Waals surface area contributed by atoms with Crippen LogP contribution in [-0.2, 0) is 6.54 Å². The molecule has 1 aromatic heterocycles. The predicted octanol–water partition coefficient (Wildman–Crippen LogP) is 4.21. The Hall–Kier alpha value is -2.59. The first-order valence-electron chi connectivity index (χ1n) is 6.84. The van der Waals surface area contributed by atoms with E-state index >= 15 is 0 Å². The Kier molecular flexibility index (Phi) is 4.21. The van der Waals surface area contributed by atoms with E-state index in [0.29, 0.717) is 11.6 Å². The fourth-order valence-corrected chi connectivity index (χ4v) is 2.36. The van der Waals surface area contributed by atoms with Crippen molar-refractivity contribution < 1.29 is 4.79 Å². The van der Waals surface area contributed by atoms with E-state index in [9.17, 15) is 4.79 Å². The Morgan fingerprint density at radius 2 is 1.95 bits per heavy atom. The van der Waals surface area contributed by atoms with Gasteiger partial charge in [0.15, 0.2) is 0 Å². The number of carbonyl (C=O) groups is 1. The SMILES string of the molecule is O=C(NCc1ccccc1Cl)Nc1ccc2cnccc2c1. The van der Waals surface area contributed by atoms with Gasteiger partial charge in [0.1, 0.15) is 0 Å². The third kappa shape index (κ3) is 3.35. The zero-order chi connectivity index (χ0) is 15.4. The lowest BCUT2D eigenvalue weighted by Gasteiger charge is -2.09. The summed E-state index contributed by atoms with van der Waals surface area (Å²) in [4.78, 5) is 16.0. The van der Waals surface area contributed by atoms with Crippen molar-refractivity contribution in [2.45, 2.75) is 6.54 Å². The number of benzene rings is 2. The molecule has 2 aromatic carbocycles. The molecule has 110 valence electrons. The van der Waals surface area contributed by atoms with Crippen LogP contribution in [0.5, 0.6) is 0 Å². The minimum Gasteiger partial charge on any atom is -0.334 e. The second kappa shape index (κ2) is 6.45. The lowest BCUT2D eigenvalue weighted by Crippen LogP contribution is -2.28. The molecule has 2 amide bonds. The second-order valence-corrected chi connectivity index (χ2v) is 5.24.